The van der Waals surface area contributed by atoms with E-state index >= 15 is 0 Å². The number of hydrogen-bond acceptors (Lipinski definition) is 3. The van der Waals surface area contributed by atoms with Gasteiger partial charge in [0.15, 0.2) is 0 Å². The normalized spacial score (nSPS) is 15.5. The fourth-order valence-electron chi connectivity index (χ4n) is 3.50. The van der Waals surface area contributed by atoms with E-state index in [1.807, 2.05) is 0 Å². The minimum atomic E-state index is -4.59. The summed E-state index contributed by atoms with van der Waals surface area (Å²) < 4.78 is 47.3. The molecule has 1 fully saturated rings. The zero-order valence-corrected chi connectivity index (χ0v) is 14.7. The first kappa shape index (κ1) is 17.6. The lowest BCUT2D eigenvalue weighted by Crippen LogP contribution is -2.36. The SMILES string of the molecule is Cc1c(C(=O)N2CCCCC2)nc2c(C(F)(F)F)cc(-c3ccoc3)cn12. The average molecular weight is 377 g/mol. The Bertz CT molecular complexity index is 984. The number of piperidine rings is 1. The molecule has 142 valence electrons. The van der Waals surface area contributed by atoms with Crippen LogP contribution in [0, 0.1) is 6.92 Å². The van der Waals surface area contributed by atoms with Gasteiger partial charge in [0.2, 0.25) is 0 Å². The van der Waals surface area contributed by atoms with Crippen molar-refractivity contribution in [3.8, 4) is 11.1 Å². The van der Waals surface area contributed by atoms with E-state index in [1.54, 1.807) is 24.1 Å². The predicted molar refractivity (Wildman–Crippen MR) is 92.4 cm³/mol. The first-order valence-electron chi connectivity index (χ1n) is 8.78. The van der Waals surface area contributed by atoms with Crippen molar-refractivity contribution in [2.75, 3.05) is 13.1 Å². The third kappa shape index (κ3) is 3.09. The first-order valence-corrected chi connectivity index (χ1v) is 8.78. The quantitative estimate of drug-likeness (QED) is 0.658. The molecule has 0 N–H and O–H groups in total. The lowest BCUT2D eigenvalue weighted by atomic mass is 10.1. The number of likely N-dealkylation sites (tertiary alicyclic amines) is 1. The van der Waals surface area contributed by atoms with Crippen LogP contribution in [0.3, 0.4) is 0 Å². The van der Waals surface area contributed by atoms with Gasteiger partial charge >= 0.3 is 6.18 Å². The summed E-state index contributed by atoms with van der Waals surface area (Å²) in [5.74, 6) is -0.311. The fraction of sp³-hybridized carbons (Fsp3) is 0.368. The van der Waals surface area contributed by atoms with Crippen LogP contribution in [0.4, 0.5) is 13.2 Å². The highest BCUT2D eigenvalue weighted by Crippen LogP contribution is 2.36. The number of aromatic nitrogens is 2. The fourth-order valence-corrected chi connectivity index (χ4v) is 3.50. The summed E-state index contributed by atoms with van der Waals surface area (Å²) in [6.45, 7) is 2.84. The maximum absolute atomic E-state index is 13.7. The summed E-state index contributed by atoms with van der Waals surface area (Å²) in [6, 6.07) is 2.63. The molecule has 4 rings (SSSR count). The van der Waals surface area contributed by atoms with Crippen molar-refractivity contribution in [3.63, 3.8) is 0 Å². The molecule has 0 aliphatic carbocycles. The van der Waals surface area contributed by atoms with Crippen molar-refractivity contribution in [2.24, 2.45) is 0 Å². The van der Waals surface area contributed by atoms with E-state index in [2.05, 4.69) is 4.98 Å². The van der Waals surface area contributed by atoms with Crippen LogP contribution in [0.25, 0.3) is 16.8 Å². The number of fused-ring (bicyclic) bond motifs is 1. The van der Waals surface area contributed by atoms with Gasteiger partial charge in [0, 0.05) is 30.4 Å². The number of carbonyl (C=O) groups is 1. The molecule has 3 aromatic heterocycles. The topological polar surface area (TPSA) is 50.8 Å². The van der Waals surface area contributed by atoms with Gasteiger partial charge in [-0.2, -0.15) is 13.2 Å². The lowest BCUT2D eigenvalue weighted by Gasteiger charge is -2.26. The number of imidazole rings is 1. The molecule has 27 heavy (non-hydrogen) atoms. The molecule has 3 aromatic rings. The second kappa shape index (κ2) is 6.44. The van der Waals surface area contributed by atoms with Crippen LogP contribution in [-0.4, -0.2) is 33.3 Å². The van der Waals surface area contributed by atoms with E-state index in [-0.39, 0.29) is 17.2 Å². The minimum Gasteiger partial charge on any atom is -0.472 e. The van der Waals surface area contributed by atoms with Crippen LogP contribution in [0.5, 0.6) is 0 Å². The maximum Gasteiger partial charge on any atom is 0.420 e. The molecular formula is C19H18F3N3O2. The molecule has 1 saturated heterocycles. The van der Waals surface area contributed by atoms with Crippen molar-refractivity contribution in [3.05, 3.63) is 47.8 Å². The highest BCUT2D eigenvalue weighted by atomic mass is 19.4. The van der Waals surface area contributed by atoms with E-state index in [4.69, 9.17) is 4.42 Å². The number of hydrogen-bond donors (Lipinski definition) is 0. The van der Waals surface area contributed by atoms with Gasteiger partial charge in [-0.25, -0.2) is 4.98 Å². The largest absolute Gasteiger partial charge is 0.472 e. The van der Waals surface area contributed by atoms with Gasteiger partial charge in [0.05, 0.1) is 23.8 Å². The van der Waals surface area contributed by atoms with E-state index in [0.29, 0.717) is 29.9 Å². The molecular weight excluding hydrogens is 359 g/mol. The van der Waals surface area contributed by atoms with Gasteiger partial charge in [-0.15, -0.1) is 0 Å². The predicted octanol–water partition coefficient (Wildman–Crippen LogP) is 4.55. The van der Waals surface area contributed by atoms with Gasteiger partial charge in [-0.3, -0.25) is 4.79 Å². The lowest BCUT2D eigenvalue weighted by molar-refractivity contribution is -0.136. The van der Waals surface area contributed by atoms with Gasteiger partial charge in [-0.1, -0.05) is 0 Å². The van der Waals surface area contributed by atoms with Gasteiger partial charge in [-0.05, 0) is 38.3 Å². The third-order valence-electron chi connectivity index (χ3n) is 4.96. The molecule has 0 atom stereocenters. The number of carbonyl (C=O) groups excluding carboxylic acids is 1. The van der Waals surface area contributed by atoms with Gasteiger partial charge in [0.1, 0.15) is 11.3 Å². The minimum absolute atomic E-state index is 0.0757. The summed E-state index contributed by atoms with van der Waals surface area (Å²) in [4.78, 5) is 18.6. The molecule has 1 amide bonds. The Morgan fingerprint density at radius 2 is 1.93 bits per heavy atom. The molecule has 5 nitrogen and oxygen atoms in total. The number of furan rings is 1. The highest BCUT2D eigenvalue weighted by Gasteiger charge is 2.36. The van der Waals surface area contributed by atoms with Crippen LogP contribution in [0.2, 0.25) is 0 Å². The Labute approximate surface area is 153 Å². The zero-order chi connectivity index (χ0) is 19.2. The van der Waals surface area contributed by atoms with E-state index in [9.17, 15) is 18.0 Å². The molecule has 0 spiro atoms. The van der Waals surface area contributed by atoms with Crippen molar-refractivity contribution in [1.29, 1.82) is 0 Å². The summed E-state index contributed by atoms with van der Waals surface area (Å²) in [5, 5.41) is 0. The highest BCUT2D eigenvalue weighted by molar-refractivity contribution is 5.94. The molecule has 0 aromatic carbocycles. The molecule has 1 aliphatic rings. The molecule has 4 heterocycles. The zero-order valence-electron chi connectivity index (χ0n) is 14.7. The number of alkyl halides is 3. The van der Waals surface area contributed by atoms with Crippen molar-refractivity contribution in [2.45, 2.75) is 32.4 Å². The molecule has 0 saturated carbocycles. The average Bonchev–Trinajstić information content (AvgIpc) is 3.29. The summed E-state index contributed by atoms with van der Waals surface area (Å²) in [6.07, 6.45) is 2.61. The Morgan fingerprint density at radius 1 is 1.19 bits per heavy atom. The standard InChI is InChI=1S/C19H18F3N3O2/c1-12-16(18(26)24-6-3-2-4-7-24)23-17-15(19(20,21)22)9-14(10-25(12)17)13-5-8-27-11-13/h5,8-11H,2-4,6-7H2,1H3. The second-order valence-electron chi connectivity index (χ2n) is 6.74. The second-order valence-corrected chi connectivity index (χ2v) is 6.74. The Kier molecular flexibility index (Phi) is 4.20. The number of halogens is 3. The van der Waals surface area contributed by atoms with E-state index < -0.39 is 11.7 Å². The van der Waals surface area contributed by atoms with Crippen LogP contribution >= 0.6 is 0 Å². The van der Waals surface area contributed by atoms with Crippen molar-refractivity contribution < 1.29 is 22.4 Å². The smallest absolute Gasteiger partial charge is 0.420 e. The summed E-state index contributed by atoms with van der Waals surface area (Å²) in [5.41, 5.74) is 0.221. The summed E-state index contributed by atoms with van der Waals surface area (Å²) >= 11 is 0. The Hall–Kier alpha value is -2.77. The van der Waals surface area contributed by atoms with Crippen LogP contribution in [-0.2, 0) is 6.18 Å². The number of rotatable bonds is 2. The molecule has 1 aliphatic heterocycles. The van der Waals surface area contributed by atoms with Crippen LogP contribution < -0.4 is 0 Å². The van der Waals surface area contributed by atoms with Crippen molar-refractivity contribution >= 4 is 11.6 Å². The number of pyridine rings is 1. The van der Waals surface area contributed by atoms with E-state index in [0.717, 1.165) is 25.3 Å². The van der Waals surface area contributed by atoms with Gasteiger partial charge in [0.25, 0.3) is 5.91 Å². The summed E-state index contributed by atoms with van der Waals surface area (Å²) in [7, 11) is 0. The number of amides is 1. The molecule has 0 bridgehead atoms. The number of aryl methyl sites for hydroxylation is 1. The maximum atomic E-state index is 13.7. The third-order valence-corrected chi connectivity index (χ3v) is 4.96. The number of nitrogens with zero attached hydrogens (tertiary/aromatic N) is 3. The van der Waals surface area contributed by atoms with E-state index in [1.165, 1.54) is 16.9 Å². The van der Waals surface area contributed by atoms with Crippen LogP contribution in [0.15, 0.2) is 35.3 Å². The Morgan fingerprint density at radius 3 is 2.56 bits per heavy atom. The first-order chi connectivity index (χ1) is 12.9. The van der Waals surface area contributed by atoms with Crippen molar-refractivity contribution in [1.82, 2.24) is 14.3 Å². The molecule has 0 radical (unpaired) electrons. The van der Waals surface area contributed by atoms with Gasteiger partial charge < -0.3 is 13.7 Å². The van der Waals surface area contributed by atoms with Crippen LogP contribution in [0.1, 0.15) is 41.0 Å². The molecule has 8 heteroatoms. The Balaban J connectivity index is 1.88. The molecule has 0 unspecified atom stereocenters. The monoisotopic (exact) mass is 377 g/mol.